The molecule has 0 radical (unpaired) electrons. The summed E-state index contributed by atoms with van der Waals surface area (Å²) in [7, 11) is 0. The Morgan fingerprint density at radius 1 is 1.06 bits per heavy atom. The van der Waals surface area contributed by atoms with Crippen molar-refractivity contribution in [2.45, 2.75) is 25.1 Å². The van der Waals surface area contributed by atoms with Gasteiger partial charge in [-0.15, -0.1) is 0 Å². The van der Waals surface area contributed by atoms with Gasteiger partial charge < -0.3 is 14.8 Å². The van der Waals surface area contributed by atoms with Crippen molar-refractivity contribution in [1.82, 2.24) is 9.88 Å². The highest BCUT2D eigenvalue weighted by molar-refractivity contribution is 5.94. The second-order valence-electron chi connectivity index (χ2n) is 9.37. The fourth-order valence-electron chi connectivity index (χ4n) is 4.99. The van der Waals surface area contributed by atoms with Crippen LogP contribution in [0.4, 0.5) is 23.7 Å². The molecule has 2 N–H and O–H groups in total. The van der Waals surface area contributed by atoms with Crippen molar-refractivity contribution in [3.63, 3.8) is 0 Å². The first-order valence-electron chi connectivity index (χ1n) is 11.9. The highest BCUT2D eigenvalue weighted by Gasteiger charge is 2.35. The highest BCUT2D eigenvalue weighted by atomic mass is 19.4. The number of nitrogens with zero attached hydrogens (tertiary/aromatic N) is 2. The molecule has 36 heavy (non-hydrogen) atoms. The average molecular weight is 502 g/mol. The van der Waals surface area contributed by atoms with Crippen molar-refractivity contribution in [3.05, 3.63) is 64.4 Å². The summed E-state index contributed by atoms with van der Waals surface area (Å²) < 4.78 is 46.0. The number of aromatic amines is 1. The third-order valence-corrected chi connectivity index (χ3v) is 6.97. The van der Waals surface area contributed by atoms with Crippen molar-refractivity contribution < 1.29 is 27.8 Å². The summed E-state index contributed by atoms with van der Waals surface area (Å²) in [6, 6.07) is 11.4. The number of piperidine rings is 1. The van der Waals surface area contributed by atoms with Gasteiger partial charge in [-0.3, -0.25) is 14.6 Å². The second-order valence-corrected chi connectivity index (χ2v) is 9.37. The number of rotatable bonds is 5. The molecule has 10 heteroatoms. The van der Waals surface area contributed by atoms with Gasteiger partial charge in [-0.05, 0) is 61.5 Å². The maximum absolute atomic E-state index is 13.5. The fourth-order valence-corrected chi connectivity index (χ4v) is 4.99. The first-order valence-corrected chi connectivity index (χ1v) is 11.9. The number of anilines is 1. The number of pyridine rings is 1. The van der Waals surface area contributed by atoms with E-state index in [1.807, 2.05) is 0 Å². The summed E-state index contributed by atoms with van der Waals surface area (Å²) in [4.78, 5) is 31.7. The monoisotopic (exact) mass is 501 g/mol. The normalized spacial score (nSPS) is 19.7. The zero-order chi connectivity index (χ0) is 25.4. The number of cyclic esters (lactones) is 1. The van der Waals surface area contributed by atoms with Crippen LogP contribution in [0.15, 0.2) is 53.3 Å². The van der Waals surface area contributed by atoms with Crippen molar-refractivity contribution in [1.29, 1.82) is 0 Å². The van der Waals surface area contributed by atoms with Crippen LogP contribution < -0.4 is 10.5 Å². The molecule has 2 aliphatic heterocycles. The number of aliphatic hydroxyl groups excluding tert-OH is 1. The Balaban J connectivity index is 1.37. The number of hydrogen-bond donors (Lipinski definition) is 2. The number of aromatic nitrogens is 1. The van der Waals surface area contributed by atoms with Gasteiger partial charge in [0.2, 0.25) is 0 Å². The van der Waals surface area contributed by atoms with E-state index < -0.39 is 23.4 Å². The maximum atomic E-state index is 13.5. The van der Waals surface area contributed by atoms with E-state index >= 15 is 0 Å². The van der Waals surface area contributed by atoms with Crippen molar-refractivity contribution in [2.75, 3.05) is 37.7 Å². The van der Waals surface area contributed by atoms with Crippen LogP contribution in [0.2, 0.25) is 0 Å². The van der Waals surface area contributed by atoms with Crippen LogP contribution in [-0.4, -0.2) is 60.0 Å². The van der Waals surface area contributed by atoms with Gasteiger partial charge in [-0.1, -0.05) is 24.3 Å². The number of aliphatic hydroxyl groups is 1. The fraction of sp³-hybridized carbons (Fsp3) is 0.385. The van der Waals surface area contributed by atoms with Crippen LogP contribution >= 0.6 is 0 Å². The number of hydrogen-bond acceptors (Lipinski definition) is 5. The smallest absolute Gasteiger partial charge is 0.417 e. The first-order chi connectivity index (χ1) is 17.2. The van der Waals surface area contributed by atoms with E-state index in [-0.39, 0.29) is 29.4 Å². The molecule has 2 fully saturated rings. The number of benzene rings is 2. The molecule has 0 saturated carbocycles. The van der Waals surface area contributed by atoms with Gasteiger partial charge in [0, 0.05) is 35.5 Å². The molecular formula is C26H26F3N3O4. The van der Waals surface area contributed by atoms with E-state index in [1.54, 1.807) is 18.2 Å². The third kappa shape index (κ3) is 4.83. The van der Waals surface area contributed by atoms with Crippen LogP contribution in [0.25, 0.3) is 22.0 Å². The average Bonchev–Trinajstić information content (AvgIpc) is 3.23. The van der Waals surface area contributed by atoms with Gasteiger partial charge in [0.15, 0.2) is 0 Å². The van der Waals surface area contributed by atoms with Gasteiger partial charge in [0.05, 0.1) is 12.1 Å². The van der Waals surface area contributed by atoms with E-state index in [4.69, 9.17) is 4.74 Å². The SMILES string of the molecule is O=C1OC(CN2CCC(CO)CC2)CN1c1ccc2cc(-c3ccccc3C(F)(F)F)[nH]c(=O)c2c1. The Bertz CT molecular complexity index is 1330. The second kappa shape index (κ2) is 9.59. The van der Waals surface area contributed by atoms with Crippen LogP contribution in [0.3, 0.4) is 0 Å². The van der Waals surface area contributed by atoms with Gasteiger partial charge >= 0.3 is 12.3 Å². The molecule has 1 aromatic heterocycles. The molecule has 7 nitrogen and oxygen atoms in total. The molecule has 0 aliphatic carbocycles. The largest absolute Gasteiger partial charge is 0.443 e. The summed E-state index contributed by atoms with van der Waals surface area (Å²) >= 11 is 0. The molecule has 0 bridgehead atoms. The molecule has 0 spiro atoms. The Labute approximate surface area is 205 Å². The van der Waals surface area contributed by atoms with Crippen molar-refractivity contribution in [3.8, 4) is 11.3 Å². The minimum atomic E-state index is -4.56. The Morgan fingerprint density at radius 3 is 2.53 bits per heavy atom. The number of halogens is 3. The quantitative estimate of drug-likeness (QED) is 0.546. The van der Waals surface area contributed by atoms with Gasteiger partial charge in [0.25, 0.3) is 5.56 Å². The van der Waals surface area contributed by atoms with E-state index in [2.05, 4.69) is 9.88 Å². The van der Waals surface area contributed by atoms with E-state index in [0.29, 0.717) is 30.1 Å². The summed E-state index contributed by atoms with van der Waals surface area (Å²) in [5.74, 6) is 0.321. The van der Waals surface area contributed by atoms with E-state index in [0.717, 1.165) is 32.0 Å². The van der Waals surface area contributed by atoms with Crippen LogP contribution in [-0.2, 0) is 10.9 Å². The molecule has 2 saturated heterocycles. The standard InChI is InChI=1S/C26H26F3N3O4/c27-26(28,29)22-4-2-1-3-20(22)23-11-17-5-6-18(12-21(17)24(34)30-23)32-14-19(36-25(32)35)13-31-9-7-16(15-33)8-10-31/h1-6,11-12,16,19,33H,7-10,13-15H2,(H,30,34). The van der Waals surface area contributed by atoms with E-state index in [9.17, 15) is 27.9 Å². The molecule has 1 unspecified atom stereocenters. The Kier molecular flexibility index (Phi) is 6.48. The number of H-pyrrole nitrogens is 1. The number of ether oxygens (including phenoxy) is 1. The maximum Gasteiger partial charge on any atom is 0.417 e. The zero-order valence-electron chi connectivity index (χ0n) is 19.4. The lowest BCUT2D eigenvalue weighted by Gasteiger charge is -2.32. The molecule has 190 valence electrons. The number of amides is 1. The molecule has 1 atom stereocenters. The van der Waals surface area contributed by atoms with Gasteiger partial charge in [0.1, 0.15) is 6.10 Å². The van der Waals surface area contributed by atoms with Crippen LogP contribution in [0.1, 0.15) is 18.4 Å². The lowest BCUT2D eigenvalue weighted by Crippen LogP contribution is -2.40. The first kappa shape index (κ1) is 24.3. The topological polar surface area (TPSA) is 85.9 Å². The molecule has 2 aliphatic rings. The molecule has 5 rings (SSSR count). The minimum absolute atomic E-state index is 0.0683. The number of carbonyl (C=O) groups is 1. The number of carbonyl (C=O) groups excluding carboxylic acids is 1. The molecular weight excluding hydrogens is 475 g/mol. The molecule has 3 aromatic rings. The predicted molar refractivity (Wildman–Crippen MR) is 129 cm³/mol. The van der Waals surface area contributed by atoms with Crippen molar-refractivity contribution >= 4 is 22.6 Å². The Morgan fingerprint density at radius 2 is 1.81 bits per heavy atom. The zero-order valence-corrected chi connectivity index (χ0v) is 19.4. The highest BCUT2D eigenvalue weighted by Crippen LogP contribution is 2.37. The number of nitrogens with one attached hydrogen (secondary N) is 1. The van der Waals surface area contributed by atoms with E-state index in [1.165, 1.54) is 29.2 Å². The van der Waals surface area contributed by atoms with Crippen LogP contribution in [0.5, 0.6) is 0 Å². The number of fused-ring (bicyclic) bond motifs is 1. The molecule has 3 heterocycles. The minimum Gasteiger partial charge on any atom is -0.443 e. The molecule has 1 amide bonds. The van der Waals surface area contributed by atoms with Gasteiger partial charge in [-0.2, -0.15) is 13.2 Å². The summed E-state index contributed by atoms with van der Waals surface area (Å²) in [6.45, 7) is 2.79. The third-order valence-electron chi connectivity index (χ3n) is 6.97. The number of alkyl halides is 3. The van der Waals surface area contributed by atoms with Crippen molar-refractivity contribution in [2.24, 2.45) is 5.92 Å². The predicted octanol–water partition coefficient (Wildman–Crippen LogP) is 4.24. The lowest BCUT2D eigenvalue weighted by atomic mass is 9.98. The van der Waals surface area contributed by atoms with Gasteiger partial charge in [-0.25, -0.2) is 4.79 Å². The summed E-state index contributed by atoms with van der Waals surface area (Å²) in [5, 5.41) is 10.0. The summed E-state index contributed by atoms with van der Waals surface area (Å²) in [5.41, 5.74) is -0.927. The molecule has 2 aromatic carbocycles. The Hall–Kier alpha value is -3.37. The summed E-state index contributed by atoms with van der Waals surface area (Å²) in [6.07, 6.45) is -3.57. The lowest BCUT2D eigenvalue weighted by molar-refractivity contribution is -0.137. The number of likely N-dealkylation sites (tertiary alicyclic amines) is 1. The van der Waals surface area contributed by atoms with Crippen LogP contribution in [0, 0.1) is 5.92 Å².